The lowest BCUT2D eigenvalue weighted by molar-refractivity contribution is 0.836. The van der Waals surface area contributed by atoms with Crippen LogP contribution >= 0.6 is 0 Å². The third kappa shape index (κ3) is 2.94. The number of nitrogens with two attached hydrogens (primary N) is 1. The first-order valence-corrected chi connectivity index (χ1v) is 5.13. The molecule has 80 valence electrons. The van der Waals surface area contributed by atoms with Gasteiger partial charge in [0, 0.05) is 17.5 Å². The van der Waals surface area contributed by atoms with E-state index in [2.05, 4.69) is 19.9 Å². The Morgan fingerprint density at radius 1 is 1.33 bits per heavy atom. The summed E-state index contributed by atoms with van der Waals surface area (Å²) in [5.74, 6) is 0.505. The van der Waals surface area contributed by atoms with Crippen LogP contribution in [0, 0.1) is 18.3 Å². The molecule has 0 aromatic heterocycles. The zero-order valence-electron chi connectivity index (χ0n) is 9.54. The van der Waals surface area contributed by atoms with Crippen molar-refractivity contribution >= 4 is 18.0 Å². The number of benzene rings is 1. The zero-order chi connectivity index (χ0) is 11.4. The Labute approximate surface area is 91.3 Å². The molecular formula is C13H18N2. The van der Waals surface area contributed by atoms with E-state index in [1.54, 1.807) is 0 Å². The predicted octanol–water partition coefficient (Wildman–Crippen LogP) is 3.24. The van der Waals surface area contributed by atoms with Crippen LogP contribution in [0.25, 0.3) is 6.08 Å². The van der Waals surface area contributed by atoms with Crippen molar-refractivity contribution in [1.29, 1.82) is 5.41 Å². The van der Waals surface area contributed by atoms with Crippen LogP contribution in [0.4, 0.5) is 5.69 Å². The van der Waals surface area contributed by atoms with Gasteiger partial charge in [0.1, 0.15) is 0 Å². The molecule has 0 fully saturated rings. The van der Waals surface area contributed by atoms with Crippen molar-refractivity contribution in [3.8, 4) is 0 Å². The van der Waals surface area contributed by atoms with Crippen molar-refractivity contribution in [2.24, 2.45) is 5.92 Å². The smallest absolute Gasteiger partial charge is 0.0323 e. The summed E-state index contributed by atoms with van der Waals surface area (Å²) in [5, 5.41) is 7.38. The molecule has 2 nitrogen and oxygen atoms in total. The SMILES string of the molecule is Cc1cc(N)cc(/C=C\C(C)C)c1C=N. The van der Waals surface area contributed by atoms with Gasteiger partial charge in [0.05, 0.1) is 0 Å². The van der Waals surface area contributed by atoms with Gasteiger partial charge >= 0.3 is 0 Å². The molecule has 0 bridgehead atoms. The van der Waals surface area contributed by atoms with E-state index in [0.29, 0.717) is 5.92 Å². The van der Waals surface area contributed by atoms with Gasteiger partial charge in [-0.05, 0) is 36.1 Å². The van der Waals surface area contributed by atoms with Gasteiger partial charge in [-0.1, -0.05) is 26.0 Å². The molecule has 0 aliphatic rings. The summed E-state index contributed by atoms with van der Waals surface area (Å²) in [7, 11) is 0. The van der Waals surface area contributed by atoms with Gasteiger partial charge in [-0.15, -0.1) is 0 Å². The highest BCUT2D eigenvalue weighted by Gasteiger charge is 2.02. The molecule has 0 spiro atoms. The Balaban J connectivity index is 3.20. The topological polar surface area (TPSA) is 49.9 Å². The van der Waals surface area contributed by atoms with Gasteiger partial charge in [-0.2, -0.15) is 0 Å². The third-order valence-electron chi connectivity index (χ3n) is 2.25. The monoisotopic (exact) mass is 202 g/mol. The van der Waals surface area contributed by atoms with Crippen LogP contribution in [0.3, 0.4) is 0 Å². The maximum absolute atomic E-state index is 7.38. The summed E-state index contributed by atoms with van der Waals surface area (Å²) in [6.45, 7) is 6.23. The van der Waals surface area contributed by atoms with Crippen molar-refractivity contribution in [3.05, 3.63) is 34.9 Å². The fourth-order valence-corrected chi connectivity index (χ4v) is 1.49. The molecule has 1 rings (SSSR count). The molecule has 0 unspecified atom stereocenters. The number of nitrogen functional groups attached to an aromatic ring is 1. The molecule has 0 atom stereocenters. The Hall–Kier alpha value is -1.57. The van der Waals surface area contributed by atoms with E-state index in [4.69, 9.17) is 11.1 Å². The van der Waals surface area contributed by atoms with Crippen LogP contribution in [-0.2, 0) is 0 Å². The van der Waals surface area contributed by atoms with Crippen molar-refractivity contribution in [1.82, 2.24) is 0 Å². The highest BCUT2D eigenvalue weighted by atomic mass is 14.5. The van der Waals surface area contributed by atoms with Crippen LogP contribution in [0.2, 0.25) is 0 Å². The van der Waals surface area contributed by atoms with Crippen LogP contribution in [0.1, 0.15) is 30.5 Å². The minimum absolute atomic E-state index is 0.505. The van der Waals surface area contributed by atoms with Crippen molar-refractivity contribution in [2.75, 3.05) is 5.73 Å². The average Bonchev–Trinajstić information content (AvgIpc) is 2.13. The van der Waals surface area contributed by atoms with Crippen LogP contribution in [0.15, 0.2) is 18.2 Å². The molecule has 1 aromatic carbocycles. The molecule has 15 heavy (non-hydrogen) atoms. The summed E-state index contributed by atoms with van der Waals surface area (Å²) in [5.41, 5.74) is 9.55. The summed E-state index contributed by atoms with van der Waals surface area (Å²) in [4.78, 5) is 0. The predicted molar refractivity (Wildman–Crippen MR) is 67.3 cm³/mol. The van der Waals surface area contributed by atoms with Gasteiger partial charge in [0.25, 0.3) is 0 Å². The van der Waals surface area contributed by atoms with Gasteiger partial charge < -0.3 is 11.1 Å². The maximum Gasteiger partial charge on any atom is 0.0323 e. The molecule has 3 N–H and O–H groups in total. The largest absolute Gasteiger partial charge is 0.399 e. The summed E-state index contributed by atoms with van der Waals surface area (Å²) >= 11 is 0. The molecule has 0 heterocycles. The molecule has 0 saturated heterocycles. The Morgan fingerprint density at radius 2 is 2.00 bits per heavy atom. The second-order valence-electron chi connectivity index (χ2n) is 4.09. The number of nitrogens with one attached hydrogen (secondary N) is 1. The molecule has 2 heteroatoms. The van der Waals surface area contributed by atoms with Gasteiger partial charge in [0.15, 0.2) is 0 Å². The first-order valence-electron chi connectivity index (χ1n) is 5.13. The zero-order valence-corrected chi connectivity index (χ0v) is 9.54. The van der Waals surface area contributed by atoms with E-state index >= 15 is 0 Å². The molecule has 0 saturated carbocycles. The second-order valence-corrected chi connectivity index (χ2v) is 4.09. The summed E-state index contributed by atoms with van der Waals surface area (Å²) < 4.78 is 0. The molecule has 0 aliphatic heterocycles. The van der Waals surface area contributed by atoms with Gasteiger partial charge in [-0.3, -0.25) is 0 Å². The maximum atomic E-state index is 7.38. The molecule has 0 aliphatic carbocycles. The van der Waals surface area contributed by atoms with E-state index in [1.807, 2.05) is 25.1 Å². The fraction of sp³-hybridized carbons (Fsp3) is 0.308. The number of hydrogen-bond acceptors (Lipinski definition) is 2. The number of rotatable bonds is 3. The van der Waals surface area contributed by atoms with E-state index in [0.717, 1.165) is 22.4 Å². The minimum Gasteiger partial charge on any atom is -0.399 e. The van der Waals surface area contributed by atoms with E-state index in [9.17, 15) is 0 Å². The van der Waals surface area contributed by atoms with Crippen molar-refractivity contribution < 1.29 is 0 Å². The van der Waals surface area contributed by atoms with Crippen molar-refractivity contribution in [2.45, 2.75) is 20.8 Å². The van der Waals surface area contributed by atoms with Gasteiger partial charge in [0.2, 0.25) is 0 Å². The third-order valence-corrected chi connectivity index (χ3v) is 2.25. The molecular weight excluding hydrogens is 184 g/mol. The van der Waals surface area contributed by atoms with E-state index in [-0.39, 0.29) is 0 Å². The van der Waals surface area contributed by atoms with E-state index in [1.165, 1.54) is 6.21 Å². The quantitative estimate of drug-likeness (QED) is 0.573. The molecule has 1 aromatic rings. The fourth-order valence-electron chi connectivity index (χ4n) is 1.49. The van der Waals surface area contributed by atoms with Crippen molar-refractivity contribution in [3.63, 3.8) is 0 Å². The summed E-state index contributed by atoms with van der Waals surface area (Å²) in [6.07, 6.45) is 5.53. The Bertz CT molecular complexity index is 390. The lowest BCUT2D eigenvalue weighted by Gasteiger charge is -2.07. The van der Waals surface area contributed by atoms with E-state index < -0.39 is 0 Å². The molecule has 0 radical (unpaired) electrons. The lowest BCUT2D eigenvalue weighted by atomic mass is 10.0. The number of aryl methyl sites for hydroxylation is 1. The average molecular weight is 202 g/mol. The summed E-state index contributed by atoms with van der Waals surface area (Å²) in [6, 6.07) is 3.80. The minimum atomic E-state index is 0.505. The van der Waals surface area contributed by atoms with Crippen LogP contribution in [-0.4, -0.2) is 6.21 Å². The number of allylic oxidation sites excluding steroid dienone is 1. The number of anilines is 1. The van der Waals surface area contributed by atoms with Gasteiger partial charge in [-0.25, -0.2) is 0 Å². The highest BCUT2D eigenvalue weighted by Crippen LogP contribution is 2.19. The standard InChI is InChI=1S/C13H18N2/c1-9(2)4-5-11-7-12(15)6-10(3)13(11)8-14/h4-9,14H,15H2,1-3H3/b5-4-,14-8?. The number of hydrogen-bond donors (Lipinski definition) is 2. The molecule has 0 amide bonds. The first kappa shape index (κ1) is 11.5. The Morgan fingerprint density at radius 3 is 2.53 bits per heavy atom. The Kier molecular flexibility index (Phi) is 3.67. The van der Waals surface area contributed by atoms with Crippen LogP contribution in [0.5, 0.6) is 0 Å². The normalized spacial score (nSPS) is 11.2. The first-order chi connectivity index (χ1) is 7.04. The second kappa shape index (κ2) is 4.78. The lowest BCUT2D eigenvalue weighted by Crippen LogP contribution is -1.95. The van der Waals surface area contributed by atoms with Crippen LogP contribution < -0.4 is 5.73 Å². The highest BCUT2D eigenvalue weighted by molar-refractivity contribution is 5.86.